The minimum Gasteiger partial charge on any atom is -0.497 e. The molecule has 1 atom stereocenters. The van der Waals surface area contributed by atoms with E-state index in [9.17, 15) is 27.9 Å². The van der Waals surface area contributed by atoms with Crippen LogP contribution in [0, 0.1) is 12.7 Å². The van der Waals surface area contributed by atoms with Crippen molar-refractivity contribution in [2.75, 3.05) is 7.11 Å². The Balaban J connectivity index is 1.94. The van der Waals surface area contributed by atoms with E-state index in [0.29, 0.717) is 5.75 Å². The summed E-state index contributed by atoms with van der Waals surface area (Å²) in [4.78, 5) is 25.0. The third-order valence-electron chi connectivity index (χ3n) is 6.09. The Bertz CT molecular complexity index is 1540. The van der Waals surface area contributed by atoms with Gasteiger partial charge in [0.05, 0.1) is 23.9 Å². The lowest BCUT2D eigenvalue weighted by Gasteiger charge is -2.17. The number of carboxylic acids is 1. The predicted octanol–water partition coefficient (Wildman–Crippen LogP) is 6.46. The maximum atomic E-state index is 15.8. The molecule has 0 radical (unpaired) electrons. The molecule has 0 fully saturated rings. The standard InChI is InChI=1S/C28H23F4NO6/c1-4-22(27(35)36)38-23-7-5-6-20(25(23)29)33-15(2)24(26(34)16-8-10-17(37-3)11-9-16)19-13-12-18(14-21(19)33)39-28(30,31)32/h5-14,22H,4H2,1-3H3,(H,35,36)/t22-/m1/s1. The van der Waals surface area contributed by atoms with Gasteiger partial charge in [-0.3, -0.25) is 4.79 Å². The summed E-state index contributed by atoms with van der Waals surface area (Å²) in [5.74, 6) is -3.11. The number of carbonyl (C=O) groups excluding carboxylic acids is 1. The van der Waals surface area contributed by atoms with E-state index in [2.05, 4.69) is 4.74 Å². The van der Waals surface area contributed by atoms with Crippen LogP contribution in [0.25, 0.3) is 16.6 Å². The molecule has 4 rings (SSSR count). The number of methoxy groups -OCH3 is 1. The van der Waals surface area contributed by atoms with Crippen LogP contribution in [-0.4, -0.2) is 41.0 Å². The molecular formula is C28H23F4NO6. The first-order valence-corrected chi connectivity index (χ1v) is 11.7. The van der Waals surface area contributed by atoms with Gasteiger partial charge in [0.15, 0.2) is 23.5 Å². The lowest BCUT2D eigenvalue weighted by atomic mass is 10.0. The van der Waals surface area contributed by atoms with Crippen LogP contribution in [0.1, 0.15) is 35.0 Å². The second kappa shape index (κ2) is 10.7. The van der Waals surface area contributed by atoms with Crippen molar-refractivity contribution in [3.63, 3.8) is 0 Å². The van der Waals surface area contributed by atoms with Gasteiger partial charge in [0.2, 0.25) is 0 Å². The molecule has 1 heterocycles. The Morgan fingerprint density at radius 3 is 2.28 bits per heavy atom. The van der Waals surface area contributed by atoms with E-state index >= 15 is 4.39 Å². The van der Waals surface area contributed by atoms with Crippen molar-refractivity contribution >= 4 is 22.7 Å². The summed E-state index contributed by atoms with van der Waals surface area (Å²) in [6.45, 7) is 3.09. The van der Waals surface area contributed by atoms with Crippen molar-refractivity contribution in [3.05, 3.63) is 83.3 Å². The van der Waals surface area contributed by atoms with Gasteiger partial charge in [0.1, 0.15) is 11.5 Å². The Kier molecular flexibility index (Phi) is 7.53. The van der Waals surface area contributed by atoms with Crippen LogP contribution >= 0.6 is 0 Å². The Morgan fingerprint density at radius 1 is 1.03 bits per heavy atom. The average molecular weight is 545 g/mol. The number of nitrogens with zero attached hydrogens (tertiary/aromatic N) is 1. The van der Waals surface area contributed by atoms with Crippen LogP contribution in [0.3, 0.4) is 0 Å². The van der Waals surface area contributed by atoms with Crippen LogP contribution in [-0.2, 0) is 4.79 Å². The van der Waals surface area contributed by atoms with Crippen molar-refractivity contribution in [2.45, 2.75) is 32.7 Å². The van der Waals surface area contributed by atoms with Gasteiger partial charge >= 0.3 is 12.3 Å². The first-order chi connectivity index (χ1) is 18.4. The van der Waals surface area contributed by atoms with E-state index in [1.807, 2.05) is 0 Å². The number of aliphatic carboxylic acids is 1. The summed E-state index contributed by atoms with van der Waals surface area (Å²) in [5, 5.41) is 9.58. The summed E-state index contributed by atoms with van der Waals surface area (Å²) >= 11 is 0. The lowest BCUT2D eigenvalue weighted by molar-refractivity contribution is -0.274. The predicted molar refractivity (Wildman–Crippen MR) is 133 cm³/mol. The van der Waals surface area contributed by atoms with Crippen LogP contribution in [0.2, 0.25) is 0 Å². The number of fused-ring (bicyclic) bond motifs is 1. The zero-order valence-electron chi connectivity index (χ0n) is 21.0. The molecule has 4 aromatic rings. The number of hydrogen-bond donors (Lipinski definition) is 1. The van der Waals surface area contributed by atoms with E-state index in [1.165, 1.54) is 55.0 Å². The molecule has 0 saturated carbocycles. The Labute approximate surface area is 220 Å². The van der Waals surface area contributed by atoms with E-state index in [0.717, 1.165) is 12.1 Å². The second-order valence-electron chi connectivity index (χ2n) is 8.52. The zero-order chi connectivity index (χ0) is 28.5. The van der Waals surface area contributed by atoms with Crippen molar-refractivity contribution in [3.8, 4) is 22.9 Å². The molecule has 0 aliphatic carbocycles. The molecule has 3 aromatic carbocycles. The molecule has 0 bridgehead atoms. The SMILES string of the molecule is CC[C@@H](Oc1cccc(-n2c(C)c(C(=O)c3ccc(OC)cc3)c3ccc(OC(F)(F)F)cc32)c1F)C(=O)O. The molecule has 0 saturated heterocycles. The van der Waals surface area contributed by atoms with Crippen LogP contribution in [0.5, 0.6) is 17.2 Å². The number of carbonyl (C=O) groups is 2. The number of carboxylic acid groups (broad SMARTS) is 1. The zero-order valence-corrected chi connectivity index (χ0v) is 21.0. The lowest BCUT2D eigenvalue weighted by Crippen LogP contribution is -2.26. The van der Waals surface area contributed by atoms with Crippen LogP contribution < -0.4 is 14.2 Å². The fourth-order valence-electron chi connectivity index (χ4n) is 4.30. The topological polar surface area (TPSA) is 87.0 Å². The maximum Gasteiger partial charge on any atom is 0.573 e. The molecule has 0 amide bonds. The average Bonchev–Trinajstić information content (AvgIpc) is 3.17. The molecule has 0 aliphatic heterocycles. The first-order valence-electron chi connectivity index (χ1n) is 11.7. The number of benzene rings is 3. The van der Waals surface area contributed by atoms with Gasteiger partial charge in [0, 0.05) is 22.7 Å². The molecule has 1 N–H and O–H groups in total. The van der Waals surface area contributed by atoms with Crippen LogP contribution in [0.4, 0.5) is 17.6 Å². The summed E-state index contributed by atoms with van der Waals surface area (Å²) in [6.07, 6.45) is -6.24. The number of alkyl halides is 3. The highest BCUT2D eigenvalue weighted by molar-refractivity contribution is 6.18. The number of halogens is 4. The molecule has 0 unspecified atom stereocenters. The highest BCUT2D eigenvalue weighted by Crippen LogP contribution is 2.37. The molecule has 7 nitrogen and oxygen atoms in total. The third kappa shape index (κ3) is 5.52. The molecule has 0 spiro atoms. The van der Waals surface area contributed by atoms with Crippen LogP contribution in [0.15, 0.2) is 60.7 Å². The number of ketones is 1. The van der Waals surface area contributed by atoms with Crippen molar-refractivity contribution in [1.29, 1.82) is 0 Å². The molecule has 204 valence electrons. The molecule has 0 aliphatic rings. The van der Waals surface area contributed by atoms with E-state index in [4.69, 9.17) is 9.47 Å². The van der Waals surface area contributed by atoms with Crippen molar-refractivity contribution < 1.29 is 46.5 Å². The first kappa shape index (κ1) is 27.5. The quantitative estimate of drug-likeness (QED) is 0.192. The smallest absolute Gasteiger partial charge is 0.497 e. The molecule has 11 heteroatoms. The Hall–Kier alpha value is -4.54. The van der Waals surface area contributed by atoms with Gasteiger partial charge in [-0.2, -0.15) is 0 Å². The molecule has 39 heavy (non-hydrogen) atoms. The number of rotatable bonds is 9. The van der Waals surface area contributed by atoms with Gasteiger partial charge in [-0.05, 0) is 61.9 Å². The highest BCUT2D eigenvalue weighted by Gasteiger charge is 2.32. The minimum atomic E-state index is -4.98. The summed E-state index contributed by atoms with van der Waals surface area (Å²) in [5.41, 5.74) is 0.548. The number of ether oxygens (including phenoxy) is 3. The van der Waals surface area contributed by atoms with E-state index in [-0.39, 0.29) is 45.6 Å². The van der Waals surface area contributed by atoms with E-state index < -0.39 is 35.8 Å². The second-order valence-corrected chi connectivity index (χ2v) is 8.52. The summed E-state index contributed by atoms with van der Waals surface area (Å²) < 4.78 is 70.5. The van der Waals surface area contributed by atoms with Gasteiger partial charge in [-0.25, -0.2) is 9.18 Å². The number of aromatic nitrogens is 1. The highest BCUT2D eigenvalue weighted by atomic mass is 19.4. The minimum absolute atomic E-state index is 0.0587. The third-order valence-corrected chi connectivity index (χ3v) is 6.09. The Morgan fingerprint density at radius 2 is 1.69 bits per heavy atom. The van der Waals surface area contributed by atoms with Crippen molar-refractivity contribution in [1.82, 2.24) is 4.57 Å². The number of hydrogen-bond acceptors (Lipinski definition) is 5. The summed E-state index contributed by atoms with van der Waals surface area (Å²) in [7, 11) is 1.47. The fourth-order valence-corrected chi connectivity index (χ4v) is 4.30. The fraction of sp³-hybridized carbons (Fsp3) is 0.214. The van der Waals surface area contributed by atoms with Crippen molar-refractivity contribution in [2.24, 2.45) is 0 Å². The van der Waals surface area contributed by atoms with Gasteiger partial charge in [-0.1, -0.05) is 13.0 Å². The molecular weight excluding hydrogens is 522 g/mol. The monoisotopic (exact) mass is 545 g/mol. The largest absolute Gasteiger partial charge is 0.573 e. The maximum absolute atomic E-state index is 15.8. The van der Waals surface area contributed by atoms with Gasteiger partial charge < -0.3 is 23.9 Å². The van der Waals surface area contributed by atoms with E-state index in [1.54, 1.807) is 19.1 Å². The summed E-state index contributed by atoms with van der Waals surface area (Å²) in [6, 6.07) is 13.7. The molecule has 1 aromatic heterocycles. The normalized spacial score (nSPS) is 12.3. The van der Waals surface area contributed by atoms with Gasteiger partial charge in [0.25, 0.3) is 0 Å². The van der Waals surface area contributed by atoms with Gasteiger partial charge in [-0.15, -0.1) is 13.2 Å².